The van der Waals surface area contributed by atoms with Gasteiger partial charge in [0.25, 0.3) is 0 Å². The Bertz CT molecular complexity index is 578. The minimum atomic E-state index is -0.279. The molecule has 106 valence electrons. The highest BCUT2D eigenvalue weighted by Crippen LogP contribution is 2.28. The highest BCUT2D eigenvalue weighted by Gasteiger charge is 2.28. The zero-order valence-corrected chi connectivity index (χ0v) is 11.8. The lowest BCUT2D eigenvalue weighted by Crippen LogP contribution is -2.42. The molecule has 0 amide bonds. The molecule has 1 unspecified atom stereocenters. The van der Waals surface area contributed by atoms with Gasteiger partial charge < -0.3 is 10.8 Å². The lowest BCUT2D eigenvalue weighted by Gasteiger charge is -2.32. The van der Waals surface area contributed by atoms with Crippen molar-refractivity contribution in [3.63, 3.8) is 0 Å². The molecule has 0 spiro atoms. The summed E-state index contributed by atoms with van der Waals surface area (Å²) in [5.74, 6) is 0.000362. The van der Waals surface area contributed by atoms with E-state index in [4.69, 9.17) is 5.73 Å². The van der Waals surface area contributed by atoms with Gasteiger partial charge in [-0.2, -0.15) is 0 Å². The highest BCUT2D eigenvalue weighted by atomic mass is 19.1. The number of hydrogen-bond donors (Lipinski definition) is 2. The summed E-state index contributed by atoms with van der Waals surface area (Å²) in [4.78, 5) is 0. The van der Waals surface area contributed by atoms with Gasteiger partial charge in [0.15, 0.2) is 0 Å². The molecule has 0 saturated carbocycles. The van der Waals surface area contributed by atoms with Crippen molar-refractivity contribution in [1.82, 2.24) is 0 Å². The van der Waals surface area contributed by atoms with E-state index < -0.39 is 0 Å². The fourth-order valence-electron chi connectivity index (χ4n) is 2.29. The molecule has 0 aliphatic carbocycles. The van der Waals surface area contributed by atoms with Crippen molar-refractivity contribution in [2.45, 2.75) is 31.7 Å². The lowest BCUT2D eigenvalue weighted by molar-refractivity contribution is 0.405. The van der Waals surface area contributed by atoms with Gasteiger partial charge in [-0.3, -0.25) is 0 Å². The van der Waals surface area contributed by atoms with Gasteiger partial charge >= 0.3 is 0 Å². The molecule has 2 nitrogen and oxygen atoms in total. The summed E-state index contributed by atoms with van der Waals surface area (Å²) in [6.45, 7) is 4.10. The third-order valence-corrected chi connectivity index (χ3v) is 3.88. The maximum absolute atomic E-state index is 13.0. The molecule has 2 rings (SSSR count). The maximum Gasteiger partial charge on any atom is 0.123 e. The minimum Gasteiger partial charge on any atom is -0.508 e. The first kappa shape index (κ1) is 14.5. The molecule has 0 saturated heterocycles. The number of halogens is 1. The molecule has 2 aromatic rings. The van der Waals surface area contributed by atoms with Gasteiger partial charge in [0.2, 0.25) is 0 Å². The van der Waals surface area contributed by atoms with Crippen LogP contribution in [-0.4, -0.2) is 11.1 Å². The standard InChI is InChI=1S/C17H20FNO/c1-17(2,13-6-8-14(18)9-7-13)16(19)11-12-4-3-5-15(20)10-12/h3-10,16,20H,11,19H2,1-2H3. The van der Waals surface area contributed by atoms with Crippen molar-refractivity contribution in [3.8, 4) is 5.75 Å². The van der Waals surface area contributed by atoms with Gasteiger partial charge in [-0.1, -0.05) is 38.1 Å². The third kappa shape index (κ3) is 3.17. The Labute approximate surface area is 119 Å². The molecule has 0 radical (unpaired) electrons. The van der Waals surface area contributed by atoms with Gasteiger partial charge in [0.1, 0.15) is 11.6 Å². The zero-order chi connectivity index (χ0) is 14.8. The van der Waals surface area contributed by atoms with Crippen LogP contribution in [0.4, 0.5) is 4.39 Å². The third-order valence-electron chi connectivity index (χ3n) is 3.88. The number of hydrogen-bond acceptors (Lipinski definition) is 2. The zero-order valence-electron chi connectivity index (χ0n) is 11.8. The van der Waals surface area contributed by atoms with E-state index in [1.165, 1.54) is 12.1 Å². The molecular weight excluding hydrogens is 253 g/mol. The molecule has 0 aromatic heterocycles. The molecule has 3 heteroatoms. The normalized spacial score (nSPS) is 13.2. The smallest absolute Gasteiger partial charge is 0.123 e. The second kappa shape index (κ2) is 5.63. The number of benzene rings is 2. The molecule has 20 heavy (non-hydrogen) atoms. The molecule has 2 aromatic carbocycles. The monoisotopic (exact) mass is 273 g/mol. The Morgan fingerprint density at radius 2 is 1.80 bits per heavy atom. The summed E-state index contributed by atoms with van der Waals surface area (Å²) in [7, 11) is 0. The molecule has 0 aliphatic rings. The van der Waals surface area contributed by atoms with Gasteiger partial charge in [0.05, 0.1) is 0 Å². The van der Waals surface area contributed by atoms with E-state index in [0.717, 1.165) is 11.1 Å². The van der Waals surface area contributed by atoms with Crippen LogP contribution >= 0.6 is 0 Å². The fourth-order valence-corrected chi connectivity index (χ4v) is 2.29. The topological polar surface area (TPSA) is 46.2 Å². The Balaban J connectivity index is 2.18. The van der Waals surface area contributed by atoms with Crippen molar-refractivity contribution in [3.05, 3.63) is 65.5 Å². The first-order chi connectivity index (χ1) is 9.39. The molecule has 0 heterocycles. The fraction of sp³-hybridized carbons (Fsp3) is 0.294. The average Bonchev–Trinajstić information content (AvgIpc) is 2.39. The Hall–Kier alpha value is -1.87. The first-order valence-electron chi connectivity index (χ1n) is 6.69. The predicted molar refractivity (Wildman–Crippen MR) is 79.2 cm³/mol. The maximum atomic E-state index is 13.0. The van der Waals surface area contributed by atoms with E-state index in [-0.39, 0.29) is 23.0 Å². The summed E-state index contributed by atoms with van der Waals surface area (Å²) < 4.78 is 13.0. The molecule has 0 aliphatic heterocycles. The quantitative estimate of drug-likeness (QED) is 0.897. The Morgan fingerprint density at radius 3 is 2.40 bits per heavy atom. The van der Waals surface area contributed by atoms with Crippen LogP contribution in [-0.2, 0) is 11.8 Å². The number of phenols is 1. The average molecular weight is 273 g/mol. The van der Waals surface area contributed by atoms with Crippen LogP contribution in [0.1, 0.15) is 25.0 Å². The van der Waals surface area contributed by atoms with E-state index in [9.17, 15) is 9.50 Å². The number of phenolic OH excluding ortho intramolecular Hbond substituents is 1. The van der Waals surface area contributed by atoms with Crippen molar-refractivity contribution >= 4 is 0 Å². The Kier molecular flexibility index (Phi) is 4.09. The summed E-state index contributed by atoms with van der Waals surface area (Å²) in [6.07, 6.45) is 0.652. The van der Waals surface area contributed by atoms with Crippen molar-refractivity contribution in [2.24, 2.45) is 5.73 Å². The van der Waals surface area contributed by atoms with E-state index >= 15 is 0 Å². The molecule has 3 N–H and O–H groups in total. The molecule has 1 atom stereocenters. The van der Waals surface area contributed by atoms with Crippen LogP contribution in [0.25, 0.3) is 0 Å². The molecule has 0 fully saturated rings. The number of aromatic hydroxyl groups is 1. The summed E-state index contributed by atoms with van der Waals surface area (Å²) in [6, 6.07) is 13.4. The van der Waals surface area contributed by atoms with Crippen LogP contribution in [0.15, 0.2) is 48.5 Å². The summed E-state index contributed by atoms with van der Waals surface area (Å²) >= 11 is 0. The van der Waals surface area contributed by atoms with Gasteiger partial charge in [-0.15, -0.1) is 0 Å². The van der Waals surface area contributed by atoms with Crippen LogP contribution in [0.2, 0.25) is 0 Å². The second-order valence-corrected chi connectivity index (χ2v) is 5.71. The largest absolute Gasteiger partial charge is 0.508 e. The van der Waals surface area contributed by atoms with Crippen LogP contribution in [0.3, 0.4) is 0 Å². The SMILES string of the molecule is CC(C)(c1ccc(F)cc1)C(N)Cc1cccc(O)c1. The van der Waals surface area contributed by atoms with Gasteiger partial charge in [0, 0.05) is 11.5 Å². The highest BCUT2D eigenvalue weighted by molar-refractivity contribution is 5.31. The predicted octanol–water partition coefficient (Wildman–Crippen LogP) is 3.38. The summed E-state index contributed by atoms with van der Waals surface area (Å²) in [5, 5.41) is 9.49. The Morgan fingerprint density at radius 1 is 1.15 bits per heavy atom. The van der Waals surface area contributed by atoms with Crippen molar-refractivity contribution in [1.29, 1.82) is 0 Å². The van der Waals surface area contributed by atoms with Crippen LogP contribution < -0.4 is 5.73 Å². The van der Waals surface area contributed by atoms with E-state index in [0.29, 0.717) is 6.42 Å². The number of rotatable bonds is 4. The van der Waals surface area contributed by atoms with Crippen LogP contribution in [0.5, 0.6) is 5.75 Å². The minimum absolute atomic E-state index is 0.130. The second-order valence-electron chi connectivity index (χ2n) is 5.71. The van der Waals surface area contributed by atoms with Gasteiger partial charge in [-0.05, 0) is 41.8 Å². The first-order valence-corrected chi connectivity index (χ1v) is 6.69. The van der Waals surface area contributed by atoms with Crippen molar-refractivity contribution < 1.29 is 9.50 Å². The van der Waals surface area contributed by atoms with Gasteiger partial charge in [-0.25, -0.2) is 4.39 Å². The molecular formula is C17H20FNO. The van der Waals surface area contributed by atoms with E-state index in [1.807, 2.05) is 26.0 Å². The summed E-state index contributed by atoms with van der Waals surface area (Å²) in [5.41, 5.74) is 8.05. The van der Waals surface area contributed by atoms with E-state index in [2.05, 4.69) is 0 Å². The van der Waals surface area contributed by atoms with Crippen molar-refractivity contribution in [2.75, 3.05) is 0 Å². The van der Waals surface area contributed by atoms with E-state index in [1.54, 1.807) is 24.3 Å². The number of nitrogens with two attached hydrogens (primary N) is 1. The lowest BCUT2D eigenvalue weighted by atomic mass is 9.76. The van der Waals surface area contributed by atoms with Crippen LogP contribution in [0, 0.1) is 5.82 Å². The molecule has 0 bridgehead atoms.